The van der Waals surface area contributed by atoms with Crippen LogP contribution in [0.25, 0.3) is 0 Å². The highest BCUT2D eigenvalue weighted by Crippen LogP contribution is 2.25. The first-order valence-corrected chi connectivity index (χ1v) is 8.02. The van der Waals surface area contributed by atoms with E-state index < -0.39 is 0 Å². The number of anilines is 3. The van der Waals surface area contributed by atoms with Gasteiger partial charge < -0.3 is 15.5 Å². The minimum absolute atomic E-state index is 0.477. The van der Waals surface area contributed by atoms with Crippen LogP contribution in [0.2, 0.25) is 0 Å². The normalized spacial score (nSPS) is 21.9. The molecule has 0 saturated heterocycles. The molecule has 118 valence electrons. The first-order chi connectivity index (χ1) is 10.1. The fourth-order valence-electron chi connectivity index (χ4n) is 2.69. The SMILES string of the molecule is CCCNc1nc(NC2CCCC(C)C2)nc(N(C)C)n1. The molecule has 0 aromatic carbocycles. The molecule has 2 unspecified atom stereocenters. The van der Waals surface area contributed by atoms with Crippen molar-refractivity contribution < 1.29 is 0 Å². The lowest BCUT2D eigenvalue weighted by Gasteiger charge is -2.27. The molecule has 1 aliphatic rings. The number of hydrogen-bond donors (Lipinski definition) is 2. The molecule has 1 fully saturated rings. The van der Waals surface area contributed by atoms with Crippen molar-refractivity contribution in [1.82, 2.24) is 15.0 Å². The van der Waals surface area contributed by atoms with Crippen LogP contribution in [0.15, 0.2) is 0 Å². The van der Waals surface area contributed by atoms with Crippen molar-refractivity contribution in [3.8, 4) is 0 Å². The molecule has 1 heterocycles. The summed E-state index contributed by atoms with van der Waals surface area (Å²) in [4.78, 5) is 15.4. The van der Waals surface area contributed by atoms with Crippen molar-refractivity contribution in [2.45, 2.75) is 52.0 Å². The first kappa shape index (κ1) is 15.8. The quantitative estimate of drug-likeness (QED) is 0.840. The molecule has 2 N–H and O–H groups in total. The molecule has 2 rings (SSSR count). The van der Waals surface area contributed by atoms with Gasteiger partial charge in [-0.25, -0.2) is 0 Å². The first-order valence-electron chi connectivity index (χ1n) is 8.02. The van der Waals surface area contributed by atoms with Crippen molar-refractivity contribution in [2.24, 2.45) is 5.92 Å². The molecule has 0 bridgehead atoms. The Bertz CT molecular complexity index is 448. The molecule has 21 heavy (non-hydrogen) atoms. The van der Waals surface area contributed by atoms with E-state index in [2.05, 4.69) is 39.4 Å². The lowest BCUT2D eigenvalue weighted by molar-refractivity contribution is 0.357. The van der Waals surface area contributed by atoms with Crippen molar-refractivity contribution in [3.63, 3.8) is 0 Å². The van der Waals surface area contributed by atoms with Crippen LogP contribution >= 0.6 is 0 Å². The Hall–Kier alpha value is -1.59. The minimum atomic E-state index is 0.477. The minimum Gasteiger partial charge on any atom is -0.354 e. The predicted molar refractivity (Wildman–Crippen MR) is 88.0 cm³/mol. The summed E-state index contributed by atoms with van der Waals surface area (Å²) >= 11 is 0. The largest absolute Gasteiger partial charge is 0.354 e. The van der Waals surface area contributed by atoms with Gasteiger partial charge >= 0.3 is 0 Å². The third kappa shape index (κ3) is 4.72. The van der Waals surface area contributed by atoms with E-state index >= 15 is 0 Å². The van der Waals surface area contributed by atoms with E-state index in [9.17, 15) is 0 Å². The second kappa shape index (κ2) is 7.43. The molecule has 0 amide bonds. The van der Waals surface area contributed by atoms with E-state index in [-0.39, 0.29) is 0 Å². The molecular formula is C15H28N6. The van der Waals surface area contributed by atoms with Gasteiger partial charge in [-0.2, -0.15) is 15.0 Å². The number of hydrogen-bond acceptors (Lipinski definition) is 6. The van der Waals surface area contributed by atoms with Gasteiger partial charge in [0.25, 0.3) is 0 Å². The molecule has 6 heteroatoms. The average molecular weight is 292 g/mol. The lowest BCUT2D eigenvalue weighted by Crippen LogP contribution is -2.28. The molecule has 0 aliphatic heterocycles. The molecule has 2 atom stereocenters. The third-order valence-corrected chi connectivity index (χ3v) is 3.83. The highest BCUT2D eigenvalue weighted by molar-refractivity contribution is 5.43. The van der Waals surface area contributed by atoms with Gasteiger partial charge in [0.15, 0.2) is 0 Å². The van der Waals surface area contributed by atoms with Crippen molar-refractivity contribution in [2.75, 3.05) is 36.2 Å². The molecule has 0 radical (unpaired) electrons. The maximum Gasteiger partial charge on any atom is 0.231 e. The van der Waals surface area contributed by atoms with Crippen LogP contribution in [0.5, 0.6) is 0 Å². The van der Waals surface area contributed by atoms with Gasteiger partial charge in [0.2, 0.25) is 17.8 Å². The molecule has 1 aliphatic carbocycles. The van der Waals surface area contributed by atoms with Crippen molar-refractivity contribution >= 4 is 17.8 Å². The molecule has 6 nitrogen and oxygen atoms in total. The molecule has 1 aromatic rings. The Labute approximate surface area is 127 Å². The van der Waals surface area contributed by atoms with Gasteiger partial charge in [-0.1, -0.05) is 26.7 Å². The topological polar surface area (TPSA) is 66.0 Å². The smallest absolute Gasteiger partial charge is 0.231 e. The predicted octanol–water partition coefficient (Wildman–Crippen LogP) is 2.75. The van der Waals surface area contributed by atoms with Crippen LogP contribution in [-0.2, 0) is 0 Å². The Morgan fingerprint density at radius 3 is 2.57 bits per heavy atom. The highest BCUT2D eigenvalue weighted by atomic mass is 15.3. The van der Waals surface area contributed by atoms with Gasteiger partial charge in [0.05, 0.1) is 0 Å². The van der Waals surface area contributed by atoms with Crippen LogP contribution in [0, 0.1) is 5.92 Å². The monoisotopic (exact) mass is 292 g/mol. The number of rotatable bonds is 6. The summed E-state index contributed by atoms with van der Waals surface area (Å²) in [5.74, 6) is 2.81. The van der Waals surface area contributed by atoms with E-state index in [1.54, 1.807) is 0 Å². The maximum atomic E-state index is 4.51. The molecular weight excluding hydrogens is 264 g/mol. The van der Waals surface area contributed by atoms with Crippen LogP contribution < -0.4 is 15.5 Å². The summed E-state index contributed by atoms with van der Waals surface area (Å²) in [5.41, 5.74) is 0. The van der Waals surface area contributed by atoms with Gasteiger partial charge in [-0.05, 0) is 25.2 Å². The summed E-state index contributed by atoms with van der Waals surface area (Å²) in [6.45, 7) is 5.32. The van der Waals surface area contributed by atoms with Gasteiger partial charge in [0.1, 0.15) is 0 Å². The zero-order valence-electron chi connectivity index (χ0n) is 13.7. The summed E-state index contributed by atoms with van der Waals surface area (Å²) in [5, 5.41) is 6.74. The fourth-order valence-corrected chi connectivity index (χ4v) is 2.69. The summed E-state index contributed by atoms with van der Waals surface area (Å²) in [7, 11) is 3.90. The molecule has 0 spiro atoms. The van der Waals surface area contributed by atoms with E-state index in [1.807, 2.05) is 19.0 Å². The summed E-state index contributed by atoms with van der Waals surface area (Å²) in [6.07, 6.45) is 6.06. The van der Waals surface area contributed by atoms with Crippen molar-refractivity contribution in [1.29, 1.82) is 0 Å². The second-order valence-electron chi connectivity index (χ2n) is 6.22. The van der Waals surface area contributed by atoms with Crippen LogP contribution in [0.3, 0.4) is 0 Å². The second-order valence-corrected chi connectivity index (χ2v) is 6.22. The van der Waals surface area contributed by atoms with E-state index in [1.165, 1.54) is 25.7 Å². The number of nitrogens with one attached hydrogen (secondary N) is 2. The van der Waals surface area contributed by atoms with Gasteiger partial charge in [0, 0.05) is 26.7 Å². The van der Waals surface area contributed by atoms with E-state index in [0.29, 0.717) is 23.9 Å². The zero-order valence-corrected chi connectivity index (χ0v) is 13.7. The number of aromatic nitrogens is 3. The molecule has 1 saturated carbocycles. The standard InChI is InChI=1S/C15H28N6/c1-5-9-16-13-18-14(20-15(19-13)21(3)4)17-12-8-6-7-11(2)10-12/h11-12H,5-10H2,1-4H3,(H2,16,17,18,19,20). The van der Waals surface area contributed by atoms with Crippen LogP contribution in [0.4, 0.5) is 17.8 Å². The molecule has 1 aromatic heterocycles. The zero-order chi connectivity index (χ0) is 15.2. The summed E-state index contributed by atoms with van der Waals surface area (Å²) < 4.78 is 0. The van der Waals surface area contributed by atoms with Crippen molar-refractivity contribution in [3.05, 3.63) is 0 Å². The Morgan fingerprint density at radius 1 is 1.14 bits per heavy atom. The third-order valence-electron chi connectivity index (χ3n) is 3.83. The van der Waals surface area contributed by atoms with Gasteiger partial charge in [-0.3, -0.25) is 0 Å². The van der Waals surface area contributed by atoms with Gasteiger partial charge in [-0.15, -0.1) is 0 Å². The Morgan fingerprint density at radius 2 is 1.90 bits per heavy atom. The van der Waals surface area contributed by atoms with E-state index in [4.69, 9.17) is 0 Å². The maximum absolute atomic E-state index is 4.51. The van der Waals surface area contributed by atoms with E-state index in [0.717, 1.165) is 18.9 Å². The fraction of sp³-hybridized carbons (Fsp3) is 0.800. The van der Waals surface area contributed by atoms with Crippen LogP contribution in [0.1, 0.15) is 46.0 Å². The highest BCUT2D eigenvalue weighted by Gasteiger charge is 2.20. The Balaban J connectivity index is 2.11. The number of nitrogens with zero attached hydrogens (tertiary/aromatic N) is 4. The Kier molecular flexibility index (Phi) is 5.59. The summed E-state index contributed by atoms with van der Waals surface area (Å²) in [6, 6.07) is 0.477. The van der Waals surface area contributed by atoms with Crippen LogP contribution in [-0.4, -0.2) is 41.6 Å². The average Bonchev–Trinajstić information content (AvgIpc) is 2.45. The lowest BCUT2D eigenvalue weighted by atomic mass is 9.87.